The lowest BCUT2D eigenvalue weighted by molar-refractivity contribution is 0.0966. The Morgan fingerprint density at radius 1 is 1.05 bits per heavy atom. The van der Waals surface area contributed by atoms with Crippen molar-refractivity contribution in [2.75, 3.05) is 0 Å². The molecule has 0 aromatic heterocycles. The standard InChI is InChI=1S/C16H17ClO2/c1-12(18)16(17)19-15-10-6-5-9-14(15)11-13-7-3-2-4-8-13/h2-10,12,16,18H,11H2,1H3. The Bertz CT molecular complexity index is 511. The highest BCUT2D eigenvalue weighted by atomic mass is 35.5. The summed E-state index contributed by atoms with van der Waals surface area (Å²) in [5.41, 5.74) is 1.53. The maximum atomic E-state index is 9.41. The molecule has 1 N–H and O–H groups in total. The number of rotatable bonds is 5. The van der Waals surface area contributed by atoms with Gasteiger partial charge in [-0.2, -0.15) is 0 Å². The zero-order chi connectivity index (χ0) is 13.7. The molecule has 2 unspecified atom stereocenters. The highest BCUT2D eigenvalue weighted by Gasteiger charge is 2.14. The minimum atomic E-state index is -0.739. The molecule has 0 aliphatic heterocycles. The van der Waals surface area contributed by atoms with Gasteiger partial charge in [-0.25, -0.2) is 0 Å². The van der Waals surface area contributed by atoms with Gasteiger partial charge >= 0.3 is 0 Å². The third-order valence-corrected chi connectivity index (χ3v) is 3.28. The van der Waals surface area contributed by atoms with E-state index < -0.39 is 11.7 Å². The molecule has 2 nitrogen and oxygen atoms in total. The van der Waals surface area contributed by atoms with E-state index in [4.69, 9.17) is 16.3 Å². The molecule has 19 heavy (non-hydrogen) atoms. The average molecular weight is 277 g/mol. The smallest absolute Gasteiger partial charge is 0.197 e. The summed E-state index contributed by atoms with van der Waals surface area (Å²) in [6.45, 7) is 1.61. The van der Waals surface area contributed by atoms with Gasteiger partial charge in [-0.05, 0) is 24.1 Å². The Morgan fingerprint density at radius 2 is 1.68 bits per heavy atom. The first-order valence-electron chi connectivity index (χ1n) is 6.27. The van der Waals surface area contributed by atoms with Crippen LogP contribution in [0.3, 0.4) is 0 Å². The molecular weight excluding hydrogens is 260 g/mol. The first kappa shape index (κ1) is 13.9. The SMILES string of the molecule is CC(O)C(Cl)Oc1ccccc1Cc1ccccc1. The van der Waals surface area contributed by atoms with Crippen molar-refractivity contribution >= 4 is 11.6 Å². The Morgan fingerprint density at radius 3 is 2.37 bits per heavy atom. The molecule has 0 spiro atoms. The van der Waals surface area contributed by atoms with Gasteiger partial charge in [0.2, 0.25) is 0 Å². The average Bonchev–Trinajstić information content (AvgIpc) is 2.42. The van der Waals surface area contributed by atoms with Crippen molar-refractivity contribution in [2.24, 2.45) is 0 Å². The summed E-state index contributed by atoms with van der Waals surface area (Å²) in [5, 5.41) is 9.41. The van der Waals surface area contributed by atoms with Crippen molar-refractivity contribution in [2.45, 2.75) is 25.0 Å². The van der Waals surface area contributed by atoms with Gasteiger partial charge in [-0.3, -0.25) is 0 Å². The lowest BCUT2D eigenvalue weighted by Crippen LogP contribution is -2.23. The van der Waals surface area contributed by atoms with Crippen molar-refractivity contribution in [3.8, 4) is 5.75 Å². The maximum absolute atomic E-state index is 9.41. The van der Waals surface area contributed by atoms with Crippen molar-refractivity contribution in [3.05, 3.63) is 65.7 Å². The van der Waals surface area contributed by atoms with Gasteiger partial charge in [0.1, 0.15) is 11.9 Å². The summed E-state index contributed by atoms with van der Waals surface area (Å²) >= 11 is 5.95. The number of hydrogen-bond acceptors (Lipinski definition) is 2. The molecule has 0 heterocycles. The first-order valence-corrected chi connectivity index (χ1v) is 6.71. The van der Waals surface area contributed by atoms with E-state index in [-0.39, 0.29) is 0 Å². The van der Waals surface area contributed by atoms with Crippen LogP contribution in [-0.2, 0) is 6.42 Å². The minimum Gasteiger partial charge on any atom is -0.472 e. The number of benzene rings is 2. The lowest BCUT2D eigenvalue weighted by atomic mass is 10.0. The molecule has 0 amide bonds. The van der Waals surface area contributed by atoms with Crippen LogP contribution in [0.15, 0.2) is 54.6 Å². The molecule has 0 bridgehead atoms. The monoisotopic (exact) mass is 276 g/mol. The second kappa shape index (κ2) is 6.60. The predicted octanol–water partition coefficient (Wildman–Crippen LogP) is 3.60. The van der Waals surface area contributed by atoms with E-state index in [1.54, 1.807) is 6.92 Å². The summed E-state index contributed by atoms with van der Waals surface area (Å²) in [5.74, 6) is 0.715. The van der Waals surface area contributed by atoms with Crippen LogP contribution >= 0.6 is 11.6 Å². The van der Waals surface area contributed by atoms with E-state index in [9.17, 15) is 5.11 Å². The Labute approximate surface area is 118 Å². The van der Waals surface area contributed by atoms with E-state index in [0.29, 0.717) is 5.75 Å². The molecule has 2 rings (SSSR count). The van der Waals surface area contributed by atoms with Crippen molar-refractivity contribution in [3.63, 3.8) is 0 Å². The fraction of sp³-hybridized carbons (Fsp3) is 0.250. The van der Waals surface area contributed by atoms with Gasteiger partial charge < -0.3 is 9.84 Å². The molecular formula is C16H17ClO2. The molecule has 0 radical (unpaired) electrons. The number of para-hydroxylation sites is 1. The Hall–Kier alpha value is -1.51. The number of alkyl halides is 1. The summed E-state index contributed by atoms with van der Waals surface area (Å²) < 4.78 is 5.59. The summed E-state index contributed by atoms with van der Waals surface area (Å²) in [7, 11) is 0. The number of aliphatic hydroxyl groups is 1. The summed E-state index contributed by atoms with van der Waals surface area (Å²) in [4.78, 5) is 0. The highest BCUT2D eigenvalue weighted by Crippen LogP contribution is 2.24. The lowest BCUT2D eigenvalue weighted by Gasteiger charge is -2.17. The van der Waals surface area contributed by atoms with Gasteiger partial charge in [-0.1, -0.05) is 60.1 Å². The number of hydrogen-bond donors (Lipinski definition) is 1. The molecule has 0 saturated carbocycles. The molecule has 2 aromatic carbocycles. The third kappa shape index (κ3) is 3.98. The van der Waals surface area contributed by atoms with E-state index in [1.165, 1.54) is 5.56 Å². The van der Waals surface area contributed by atoms with Crippen LogP contribution in [0.1, 0.15) is 18.1 Å². The number of halogens is 1. The molecule has 100 valence electrons. The molecule has 2 aromatic rings. The fourth-order valence-corrected chi connectivity index (χ4v) is 1.90. The van der Waals surface area contributed by atoms with Crippen LogP contribution in [0.5, 0.6) is 5.75 Å². The van der Waals surface area contributed by atoms with Crippen LogP contribution in [0.2, 0.25) is 0 Å². The van der Waals surface area contributed by atoms with Crippen molar-refractivity contribution < 1.29 is 9.84 Å². The van der Waals surface area contributed by atoms with Crippen molar-refractivity contribution in [1.29, 1.82) is 0 Å². The maximum Gasteiger partial charge on any atom is 0.197 e. The summed E-state index contributed by atoms with van der Waals surface area (Å²) in [6.07, 6.45) is 0.0620. The van der Waals surface area contributed by atoms with Crippen LogP contribution in [0, 0.1) is 0 Å². The van der Waals surface area contributed by atoms with E-state index in [0.717, 1.165) is 12.0 Å². The molecule has 0 aliphatic carbocycles. The Kier molecular flexibility index (Phi) is 4.83. The van der Waals surface area contributed by atoms with Crippen LogP contribution < -0.4 is 4.74 Å². The minimum absolute atomic E-state index is 0.715. The molecule has 0 saturated heterocycles. The molecule has 0 fully saturated rings. The molecule has 2 atom stereocenters. The van der Waals surface area contributed by atoms with E-state index in [2.05, 4.69) is 12.1 Å². The van der Waals surface area contributed by atoms with E-state index in [1.807, 2.05) is 42.5 Å². The van der Waals surface area contributed by atoms with Gasteiger partial charge in [-0.15, -0.1) is 0 Å². The summed E-state index contributed by atoms with van der Waals surface area (Å²) in [6, 6.07) is 17.9. The molecule has 0 aliphatic rings. The second-order valence-electron chi connectivity index (χ2n) is 4.48. The van der Waals surface area contributed by atoms with Crippen molar-refractivity contribution in [1.82, 2.24) is 0 Å². The van der Waals surface area contributed by atoms with Gasteiger partial charge in [0, 0.05) is 6.42 Å². The Balaban J connectivity index is 2.17. The first-order chi connectivity index (χ1) is 9.16. The zero-order valence-electron chi connectivity index (χ0n) is 10.8. The quantitative estimate of drug-likeness (QED) is 0.846. The number of aliphatic hydroxyl groups excluding tert-OH is 1. The van der Waals surface area contributed by atoms with E-state index >= 15 is 0 Å². The zero-order valence-corrected chi connectivity index (χ0v) is 11.5. The largest absolute Gasteiger partial charge is 0.472 e. The number of ether oxygens (including phenoxy) is 1. The van der Waals surface area contributed by atoms with Gasteiger partial charge in [0.25, 0.3) is 0 Å². The van der Waals surface area contributed by atoms with Gasteiger partial charge in [0.05, 0.1) is 0 Å². The second-order valence-corrected chi connectivity index (χ2v) is 4.91. The van der Waals surface area contributed by atoms with Gasteiger partial charge in [0.15, 0.2) is 5.56 Å². The fourth-order valence-electron chi connectivity index (χ4n) is 1.80. The topological polar surface area (TPSA) is 29.5 Å². The molecule has 3 heteroatoms. The predicted molar refractivity (Wildman–Crippen MR) is 77.6 cm³/mol. The van der Waals surface area contributed by atoms with Crippen LogP contribution in [0.4, 0.5) is 0 Å². The van der Waals surface area contributed by atoms with Crippen LogP contribution in [0.25, 0.3) is 0 Å². The third-order valence-electron chi connectivity index (χ3n) is 2.83. The van der Waals surface area contributed by atoms with Crippen LogP contribution in [-0.4, -0.2) is 16.8 Å². The normalized spacial score (nSPS) is 13.8. The highest BCUT2D eigenvalue weighted by molar-refractivity contribution is 6.20.